The molecule has 1 heterocycles. The normalized spacial score (nSPS) is 22.4. The smallest absolute Gasteiger partial charge is 0.453 e. The van der Waals surface area contributed by atoms with Crippen molar-refractivity contribution >= 4 is 11.9 Å². The number of carbonyl (C=O) groups excluding carboxylic acids is 2. The minimum atomic E-state index is -6.00. The summed E-state index contributed by atoms with van der Waals surface area (Å²) >= 11 is 0. The molecule has 1 unspecified atom stereocenters. The summed E-state index contributed by atoms with van der Waals surface area (Å²) in [6.45, 7) is 3.90. The minimum Gasteiger partial charge on any atom is -0.467 e. The number of rotatable bonds is 3. The van der Waals surface area contributed by atoms with Gasteiger partial charge in [0.25, 0.3) is 0 Å². The molecule has 1 atom stereocenters. The van der Waals surface area contributed by atoms with Crippen molar-refractivity contribution in [3.63, 3.8) is 0 Å². The van der Waals surface area contributed by atoms with Gasteiger partial charge in [0.2, 0.25) is 6.04 Å². The number of nitrogens with zero attached hydrogens (tertiary/aromatic N) is 1. The van der Waals surface area contributed by atoms with Crippen molar-refractivity contribution < 1.29 is 45.4 Å². The van der Waals surface area contributed by atoms with Crippen LogP contribution in [0.1, 0.15) is 27.2 Å². The molecule has 0 saturated carbocycles. The number of halogens is 6. The Kier molecular flexibility index (Phi) is 5.20. The molecule has 0 aliphatic carbocycles. The lowest BCUT2D eigenvalue weighted by atomic mass is 9.91. The van der Waals surface area contributed by atoms with Crippen LogP contribution in [0.25, 0.3) is 0 Å². The summed E-state index contributed by atoms with van der Waals surface area (Å²) in [5.41, 5.74) is -5.55. The van der Waals surface area contributed by atoms with Crippen LogP contribution in [0.2, 0.25) is 0 Å². The van der Waals surface area contributed by atoms with Gasteiger partial charge in [-0.2, -0.15) is 26.3 Å². The molecule has 5 nitrogen and oxygen atoms in total. The van der Waals surface area contributed by atoms with Crippen molar-refractivity contribution in [1.29, 1.82) is 0 Å². The number of ether oxygens (including phenoxy) is 2. The maximum absolute atomic E-state index is 13.3. The molecule has 1 rings (SSSR count). The van der Waals surface area contributed by atoms with Crippen LogP contribution >= 0.6 is 0 Å². The molecule has 1 fully saturated rings. The largest absolute Gasteiger partial charge is 0.467 e. The van der Waals surface area contributed by atoms with Gasteiger partial charge in [0.15, 0.2) is 0 Å². The van der Waals surface area contributed by atoms with Gasteiger partial charge in [-0.1, -0.05) is 20.8 Å². The standard InChI is InChI=1S/C13H17F6NO4/c1-10(2,3)5-6-20-7(8(21)23-4)9(22)24-11(20,12(14,15)16)13(17,18)19/h7H,5-6H2,1-4H3. The summed E-state index contributed by atoms with van der Waals surface area (Å²) < 4.78 is 87.7. The van der Waals surface area contributed by atoms with E-state index >= 15 is 0 Å². The summed E-state index contributed by atoms with van der Waals surface area (Å²) in [7, 11) is 0.749. The van der Waals surface area contributed by atoms with Crippen LogP contribution in [0.3, 0.4) is 0 Å². The van der Waals surface area contributed by atoms with E-state index in [0.29, 0.717) is 0 Å². The Morgan fingerprint density at radius 2 is 1.62 bits per heavy atom. The fraction of sp³-hybridized carbons (Fsp3) is 0.846. The van der Waals surface area contributed by atoms with Crippen LogP contribution in [0.15, 0.2) is 0 Å². The van der Waals surface area contributed by atoms with E-state index < -0.39 is 48.0 Å². The monoisotopic (exact) mass is 365 g/mol. The molecule has 1 aliphatic rings. The van der Waals surface area contributed by atoms with E-state index in [4.69, 9.17) is 0 Å². The van der Waals surface area contributed by atoms with Crippen molar-refractivity contribution in [1.82, 2.24) is 4.90 Å². The third-order valence-electron chi connectivity index (χ3n) is 3.48. The first-order valence-electron chi connectivity index (χ1n) is 6.79. The molecule has 0 radical (unpaired) electrons. The molecule has 1 saturated heterocycles. The molecule has 0 bridgehead atoms. The van der Waals surface area contributed by atoms with E-state index in [1.54, 1.807) is 20.8 Å². The van der Waals surface area contributed by atoms with Gasteiger partial charge >= 0.3 is 30.0 Å². The first kappa shape index (κ1) is 20.5. The summed E-state index contributed by atoms with van der Waals surface area (Å²) in [5, 5.41) is 0. The second-order valence-electron chi connectivity index (χ2n) is 6.49. The van der Waals surface area contributed by atoms with E-state index in [-0.39, 0.29) is 11.3 Å². The van der Waals surface area contributed by atoms with Crippen LogP contribution in [-0.2, 0) is 19.1 Å². The maximum Gasteiger partial charge on any atom is 0.453 e. The number of methoxy groups -OCH3 is 1. The van der Waals surface area contributed by atoms with Crippen molar-refractivity contribution in [3.05, 3.63) is 0 Å². The lowest BCUT2D eigenvalue weighted by Gasteiger charge is -2.39. The summed E-state index contributed by atoms with van der Waals surface area (Å²) in [4.78, 5) is 22.9. The van der Waals surface area contributed by atoms with E-state index in [1.165, 1.54) is 0 Å². The number of hydrogen-bond donors (Lipinski definition) is 0. The number of carbonyl (C=O) groups is 2. The average molecular weight is 365 g/mol. The van der Waals surface area contributed by atoms with Gasteiger partial charge in [-0.15, -0.1) is 0 Å². The predicted molar refractivity (Wildman–Crippen MR) is 67.5 cm³/mol. The number of alkyl halides is 6. The molecule has 0 spiro atoms. The third kappa shape index (κ3) is 3.45. The lowest BCUT2D eigenvalue weighted by molar-refractivity contribution is -0.401. The van der Waals surface area contributed by atoms with Crippen LogP contribution < -0.4 is 0 Å². The first-order valence-corrected chi connectivity index (χ1v) is 6.79. The Labute approximate surface area is 133 Å². The van der Waals surface area contributed by atoms with Crippen LogP contribution in [0.5, 0.6) is 0 Å². The molecule has 24 heavy (non-hydrogen) atoms. The van der Waals surface area contributed by atoms with Crippen LogP contribution in [-0.4, -0.2) is 54.6 Å². The van der Waals surface area contributed by atoms with Crippen LogP contribution in [0.4, 0.5) is 26.3 Å². The second kappa shape index (κ2) is 6.08. The summed E-state index contributed by atoms with van der Waals surface area (Å²) in [5.74, 6) is -3.50. The fourth-order valence-corrected chi connectivity index (χ4v) is 2.25. The van der Waals surface area contributed by atoms with E-state index in [2.05, 4.69) is 9.47 Å². The molecule has 140 valence electrons. The highest BCUT2D eigenvalue weighted by molar-refractivity contribution is 6.00. The summed E-state index contributed by atoms with van der Waals surface area (Å²) in [6, 6.07) is -2.44. The Balaban J connectivity index is 3.49. The zero-order chi connectivity index (χ0) is 19.1. The highest BCUT2D eigenvalue weighted by Crippen LogP contribution is 2.52. The molecular weight excluding hydrogens is 348 g/mol. The SMILES string of the molecule is COC(=O)C1C(=O)OC(C(F)(F)F)(C(F)(F)F)N1CCC(C)(C)C. The van der Waals surface area contributed by atoms with Crippen LogP contribution in [0, 0.1) is 5.41 Å². The molecule has 0 amide bonds. The van der Waals surface area contributed by atoms with Crippen molar-refractivity contribution in [2.75, 3.05) is 13.7 Å². The highest BCUT2D eigenvalue weighted by Gasteiger charge is 2.82. The second-order valence-corrected chi connectivity index (χ2v) is 6.49. The first-order chi connectivity index (χ1) is 10.6. The fourth-order valence-electron chi connectivity index (χ4n) is 2.25. The van der Waals surface area contributed by atoms with Crippen molar-refractivity contribution in [3.8, 4) is 0 Å². The van der Waals surface area contributed by atoms with E-state index in [9.17, 15) is 35.9 Å². The average Bonchev–Trinajstić information content (AvgIpc) is 2.67. The predicted octanol–water partition coefficient (Wildman–Crippen LogP) is 2.64. The highest BCUT2D eigenvalue weighted by atomic mass is 19.4. The van der Waals surface area contributed by atoms with Gasteiger partial charge < -0.3 is 9.47 Å². The molecule has 0 aromatic rings. The topological polar surface area (TPSA) is 55.8 Å². The van der Waals surface area contributed by atoms with Gasteiger partial charge in [-0.3, -0.25) is 0 Å². The lowest BCUT2D eigenvalue weighted by Crippen LogP contribution is -2.67. The molecular formula is C13H17F6NO4. The maximum atomic E-state index is 13.3. The quantitative estimate of drug-likeness (QED) is 0.437. The Morgan fingerprint density at radius 3 is 1.96 bits per heavy atom. The number of cyclic esters (lactones) is 1. The number of hydrogen-bond acceptors (Lipinski definition) is 5. The van der Waals surface area contributed by atoms with Gasteiger partial charge in [0.1, 0.15) is 0 Å². The number of esters is 2. The van der Waals surface area contributed by atoms with Crippen molar-refractivity contribution in [2.24, 2.45) is 5.41 Å². The zero-order valence-electron chi connectivity index (χ0n) is 13.3. The van der Waals surface area contributed by atoms with E-state index in [0.717, 1.165) is 7.11 Å². The van der Waals surface area contributed by atoms with Gasteiger partial charge in [-0.05, 0) is 11.8 Å². The van der Waals surface area contributed by atoms with Gasteiger partial charge in [0.05, 0.1) is 7.11 Å². The van der Waals surface area contributed by atoms with E-state index in [1.807, 2.05) is 0 Å². The molecule has 0 aromatic carbocycles. The van der Waals surface area contributed by atoms with Gasteiger partial charge in [0, 0.05) is 6.54 Å². The Hall–Kier alpha value is -1.52. The van der Waals surface area contributed by atoms with Crippen molar-refractivity contribution in [2.45, 2.75) is 51.3 Å². The summed E-state index contributed by atoms with van der Waals surface area (Å²) in [6.07, 6.45) is -12.2. The Bertz CT molecular complexity index is 494. The molecule has 11 heteroatoms. The molecule has 0 aromatic heterocycles. The molecule has 1 aliphatic heterocycles. The molecule has 0 N–H and O–H groups in total. The van der Waals surface area contributed by atoms with Gasteiger partial charge in [-0.25, -0.2) is 14.5 Å². The third-order valence-corrected chi connectivity index (χ3v) is 3.48. The minimum absolute atomic E-state index is 0.162. The Morgan fingerprint density at radius 1 is 1.17 bits per heavy atom. The zero-order valence-corrected chi connectivity index (χ0v) is 13.3.